The Hall–Kier alpha value is -1.88. The van der Waals surface area contributed by atoms with Gasteiger partial charge in [-0.25, -0.2) is 4.79 Å². The predicted molar refractivity (Wildman–Crippen MR) is 70.8 cm³/mol. The zero-order valence-electron chi connectivity index (χ0n) is 11.4. The van der Waals surface area contributed by atoms with Crippen LogP contribution in [0.5, 0.6) is 0 Å². The minimum atomic E-state index is -0.912. The molecule has 0 spiro atoms. The van der Waals surface area contributed by atoms with Gasteiger partial charge in [-0.05, 0) is 31.5 Å². The number of hydrogen-bond donors (Lipinski definition) is 1. The van der Waals surface area contributed by atoms with E-state index in [1.54, 1.807) is 38.1 Å². The van der Waals surface area contributed by atoms with E-state index in [0.29, 0.717) is 17.7 Å². The van der Waals surface area contributed by atoms with Gasteiger partial charge in [-0.3, -0.25) is 4.79 Å². The molecule has 0 aromatic heterocycles. The molecule has 1 unspecified atom stereocenters. The van der Waals surface area contributed by atoms with Gasteiger partial charge >= 0.3 is 11.9 Å². The minimum Gasteiger partial charge on any atom is -0.465 e. The predicted octanol–water partition coefficient (Wildman–Crippen LogP) is 1.25. The Morgan fingerprint density at radius 3 is 2.26 bits per heavy atom. The number of ether oxygens (including phenoxy) is 2. The summed E-state index contributed by atoms with van der Waals surface area (Å²) >= 11 is 0. The Bertz CT molecular complexity index is 455. The van der Waals surface area contributed by atoms with Crippen LogP contribution < -0.4 is 5.73 Å². The molecule has 1 atom stereocenters. The fraction of sp³-hybridized carbons (Fsp3) is 0.429. The second-order valence-corrected chi connectivity index (χ2v) is 4.33. The first-order valence-corrected chi connectivity index (χ1v) is 6.05. The summed E-state index contributed by atoms with van der Waals surface area (Å²) in [6, 6.07) is 6.59. The molecule has 1 aromatic rings. The zero-order valence-corrected chi connectivity index (χ0v) is 11.4. The number of rotatable bonds is 5. The van der Waals surface area contributed by atoms with E-state index in [1.165, 1.54) is 7.11 Å². The third kappa shape index (κ3) is 3.12. The summed E-state index contributed by atoms with van der Waals surface area (Å²) in [6.45, 7) is 3.89. The van der Waals surface area contributed by atoms with Crippen LogP contribution in [-0.2, 0) is 19.7 Å². The van der Waals surface area contributed by atoms with E-state index >= 15 is 0 Å². The van der Waals surface area contributed by atoms with Crippen LogP contribution in [0.15, 0.2) is 24.3 Å². The van der Waals surface area contributed by atoms with Crippen molar-refractivity contribution >= 4 is 11.9 Å². The lowest BCUT2D eigenvalue weighted by molar-refractivity contribution is -0.149. The molecule has 0 saturated heterocycles. The first kappa shape index (κ1) is 15.2. The van der Waals surface area contributed by atoms with Gasteiger partial charge in [-0.1, -0.05) is 12.1 Å². The molecule has 0 amide bonds. The monoisotopic (exact) mass is 265 g/mol. The van der Waals surface area contributed by atoms with Gasteiger partial charge in [0, 0.05) is 6.54 Å². The summed E-state index contributed by atoms with van der Waals surface area (Å²) in [7, 11) is 1.32. The van der Waals surface area contributed by atoms with Crippen molar-refractivity contribution in [3.63, 3.8) is 0 Å². The van der Waals surface area contributed by atoms with Crippen LogP contribution in [0, 0.1) is 0 Å². The molecule has 0 saturated carbocycles. The maximum absolute atomic E-state index is 12.0. The third-order valence-electron chi connectivity index (χ3n) is 3.08. The topological polar surface area (TPSA) is 78.6 Å². The van der Waals surface area contributed by atoms with Gasteiger partial charge < -0.3 is 15.2 Å². The summed E-state index contributed by atoms with van der Waals surface area (Å²) in [5.41, 5.74) is 5.92. The Labute approximate surface area is 112 Å². The molecule has 2 N–H and O–H groups in total. The molecule has 0 bridgehead atoms. The number of methoxy groups -OCH3 is 1. The number of carbonyl (C=O) groups is 2. The molecule has 0 radical (unpaired) electrons. The summed E-state index contributed by atoms with van der Waals surface area (Å²) in [4.78, 5) is 23.3. The van der Waals surface area contributed by atoms with Gasteiger partial charge in [0.05, 0.1) is 19.3 Å². The van der Waals surface area contributed by atoms with Crippen molar-refractivity contribution in [2.75, 3.05) is 20.3 Å². The van der Waals surface area contributed by atoms with Crippen LogP contribution in [0.3, 0.4) is 0 Å². The van der Waals surface area contributed by atoms with E-state index in [4.69, 9.17) is 10.5 Å². The first-order chi connectivity index (χ1) is 8.99. The normalized spacial score (nSPS) is 13.5. The highest BCUT2D eigenvalue weighted by Crippen LogP contribution is 2.25. The van der Waals surface area contributed by atoms with Crippen molar-refractivity contribution in [2.45, 2.75) is 19.3 Å². The van der Waals surface area contributed by atoms with Crippen molar-refractivity contribution in [3.8, 4) is 0 Å². The van der Waals surface area contributed by atoms with Gasteiger partial charge in [0.25, 0.3) is 0 Å². The SMILES string of the molecule is CCOC(=O)C(C)(CN)c1ccc(C(=O)OC)cc1. The average Bonchev–Trinajstić information content (AvgIpc) is 2.46. The van der Waals surface area contributed by atoms with E-state index < -0.39 is 11.4 Å². The van der Waals surface area contributed by atoms with E-state index in [2.05, 4.69) is 4.74 Å². The number of esters is 2. The van der Waals surface area contributed by atoms with Crippen molar-refractivity contribution in [1.29, 1.82) is 0 Å². The molecule has 0 aliphatic heterocycles. The van der Waals surface area contributed by atoms with Crippen molar-refractivity contribution in [3.05, 3.63) is 35.4 Å². The smallest absolute Gasteiger partial charge is 0.337 e. The third-order valence-corrected chi connectivity index (χ3v) is 3.08. The van der Waals surface area contributed by atoms with E-state index in [9.17, 15) is 9.59 Å². The molecule has 0 heterocycles. The van der Waals surface area contributed by atoms with Crippen LogP contribution >= 0.6 is 0 Å². The molecule has 19 heavy (non-hydrogen) atoms. The maximum Gasteiger partial charge on any atom is 0.337 e. The zero-order chi connectivity index (χ0) is 14.5. The van der Waals surface area contributed by atoms with Crippen LogP contribution in [0.4, 0.5) is 0 Å². The second kappa shape index (κ2) is 6.33. The fourth-order valence-corrected chi connectivity index (χ4v) is 1.70. The van der Waals surface area contributed by atoms with Gasteiger partial charge in [0.15, 0.2) is 0 Å². The molecule has 0 aliphatic carbocycles. The lowest BCUT2D eigenvalue weighted by atomic mass is 9.82. The average molecular weight is 265 g/mol. The maximum atomic E-state index is 12.0. The Morgan fingerprint density at radius 1 is 1.26 bits per heavy atom. The quantitative estimate of drug-likeness (QED) is 0.811. The molecular weight excluding hydrogens is 246 g/mol. The van der Waals surface area contributed by atoms with E-state index in [-0.39, 0.29) is 12.5 Å². The molecule has 0 fully saturated rings. The fourth-order valence-electron chi connectivity index (χ4n) is 1.70. The summed E-state index contributed by atoms with van der Waals surface area (Å²) in [6.07, 6.45) is 0. The number of carbonyl (C=O) groups excluding carboxylic acids is 2. The van der Waals surface area contributed by atoms with Gasteiger partial charge in [0.2, 0.25) is 0 Å². The lowest BCUT2D eigenvalue weighted by Crippen LogP contribution is -2.41. The molecule has 0 aliphatic rings. The first-order valence-electron chi connectivity index (χ1n) is 6.05. The Morgan fingerprint density at radius 2 is 1.84 bits per heavy atom. The number of hydrogen-bond acceptors (Lipinski definition) is 5. The highest BCUT2D eigenvalue weighted by Gasteiger charge is 2.35. The summed E-state index contributed by atoms with van der Waals surface area (Å²) in [5.74, 6) is -0.791. The molecule has 1 rings (SSSR count). The largest absolute Gasteiger partial charge is 0.465 e. The highest BCUT2D eigenvalue weighted by molar-refractivity contribution is 5.90. The lowest BCUT2D eigenvalue weighted by Gasteiger charge is -2.26. The van der Waals surface area contributed by atoms with Crippen LogP contribution in [-0.4, -0.2) is 32.2 Å². The molecule has 104 valence electrons. The molecule has 1 aromatic carbocycles. The second-order valence-electron chi connectivity index (χ2n) is 4.33. The number of nitrogens with two attached hydrogens (primary N) is 1. The summed E-state index contributed by atoms with van der Waals surface area (Å²) in [5, 5.41) is 0. The van der Waals surface area contributed by atoms with E-state index in [0.717, 1.165) is 0 Å². The minimum absolute atomic E-state index is 0.128. The van der Waals surface area contributed by atoms with Crippen LogP contribution in [0.2, 0.25) is 0 Å². The molecule has 5 nitrogen and oxygen atoms in total. The van der Waals surface area contributed by atoms with Gasteiger partial charge in [-0.2, -0.15) is 0 Å². The van der Waals surface area contributed by atoms with Gasteiger partial charge in [-0.15, -0.1) is 0 Å². The highest BCUT2D eigenvalue weighted by atomic mass is 16.5. The van der Waals surface area contributed by atoms with Crippen molar-refractivity contribution in [2.24, 2.45) is 5.73 Å². The van der Waals surface area contributed by atoms with Crippen LogP contribution in [0.25, 0.3) is 0 Å². The van der Waals surface area contributed by atoms with Crippen LogP contribution in [0.1, 0.15) is 29.8 Å². The van der Waals surface area contributed by atoms with Crippen molar-refractivity contribution < 1.29 is 19.1 Å². The number of benzene rings is 1. The Kier molecular flexibility index (Phi) is 5.06. The standard InChI is InChI=1S/C14H19NO4/c1-4-19-13(17)14(2,9-15)11-7-5-10(6-8-11)12(16)18-3/h5-8H,4,9,15H2,1-3H3. The van der Waals surface area contributed by atoms with E-state index in [1.807, 2.05) is 0 Å². The molecular formula is C14H19NO4. The van der Waals surface area contributed by atoms with Crippen molar-refractivity contribution in [1.82, 2.24) is 0 Å². The summed E-state index contributed by atoms with van der Waals surface area (Å²) < 4.78 is 9.66. The Balaban J connectivity index is 3.06. The van der Waals surface area contributed by atoms with Gasteiger partial charge in [0.1, 0.15) is 5.41 Å². The molecule has 5 heteroatoms.